The fourth-order valence-corrected chi connectivity index (χ4v) is 2.90. The van der Waals surface area contributed by atoms with Crippen molar-refractivity contribution < 1.29 is 4.92 Å². The van der Waals surface area contributed by atoms with E-state index >= 15 is 0 Å². The molecule has 0 aliphatic carbocycles. The van der Waals surface area contributed by atoms with E-state index in [9.17, 15) is 10.1 Å². The van der Waals surface area contributed by atoms with Crippen molar-refractivity contribution >= 4 is 54.6 Å². The zero-order valence-electron chi connectivity index (χ0n) is 6.66. The first-order valence-corrected chi connectivity index (χ1v) is 5.66. The third-order valence-corrected chi connectivity index (χ3v) is 4.06. The van der Waals surface area contributed by atoms with E-state index in [0.29, 0.717) is 14.2 Å². The summed E-state index contributed by atoms with van der Waals surface area (Å²) >= 11 is 10.3. The first kappa shape index (κ1) is 9.89. The molecule has 2 rings (SSSR count). The van der Waals surface area contributed by atoms with Crippen molar-refractivity contribution in [3.8, 4) is 0 Å². The molecule has 0 aliphatic rings. The van der Waals surface area contributed by atoms with Gasteiger partial charge in [0.05, 0.1) is 9.95 Å². The number of fused-ring (bicyclic) bond motifs is 1. The molecule has 1 heterocycles. The lowest BCUT2D eigenvalue weighted by Gasteiger charge is -1.99. The van der Waals surface area contributed by atoms with Crippen molar-refractivity contribution in [2.24, 2.45) is 0 Å². The van der Waals surface area contributed by atoms with Crippen LogP contribution in [0.2, 0.25) is 5.02 Å². The van der Waals surface area contributed by atoms with Gasteiger partial charge in [-0.3, -0.25) is 10.1 Å². The van der Waals surface area contributed by atoms with E-state index in [1.165, 1.54) is 11.3 Å². The molecule has 1 aromatic heterocycles. The highest BCUT2D eigenvalue weighted by Gasteiger charge is 2.20. The number of nitrogens with zero attached hydrogens (tertiary/aromatic N) is 1. The second kappa shape index (κ2) is 3.49. The number of thiophene rings is 1. The van der Waals surface area contributed by atoms with Crippen LogP contribution in [-0.4, -0.2) is 4.92 Å². The van der Waals surface area contributed by atoms with Crippen molar-refractivity contribution in [2.45, 2.75) is 0 Å². The Kier molecular flexibility index (Phi) is 2.47. The monoisotopic (exact) mass is 291 g/mol. The summed E-state index contributed by atoms with van der Waals surface area (Å²) in [5.41, 5.74) is 0.0440. The lowest BCUT2D eigenvalue weighted by Crippen LogP contribution is -1.89. The van der Waals surface area contributed by atoms with Crippen molar-refractivity contribution in [1.82, 2.24) is 0 Å². The maximum absolute atomic E-state index is 10.8. The standard InChI is InChI=1S/C8H3BrClNO2S/c9-6-5(10)3-4-1-2-14-8(4)7(6)11(12)13/h1-3H. The first-order valence-electron chi connectivity index (χ1n) is 3.61. The molecule has 0 aliphatic heterocycles. The molecule has 0 spiro atoms. The van der Waals surface area contributed by atoms with Crippen LogP contribution in [0.15, 0.2) is 22.0 Å². The fourth-order valence-electron chi connectivity index (χ4n) is 1.20. The van der Waals surface area contributed by atoms with E-state index in [1.807, 2.05) is 6.07 Å². The summed E-state index contributed by atoms with van der Waals surface area (Å²) < 4.78 is 0.991. The summed E-state index contributed by atoms with van der Waals surface area (Å²) in [7, 11) is 0. The molecule has 6 heteroatoms. The van der Waals surface area contributed by atoms with E-state index in [1.54, 1.807) is 11.4 Å². The highest BCUT2D eigenvalue weighted by Crippen LogP contribution is 2.41. The van der Waals surface area contributed by atoms with E-state index in [-0.39, 0.29) is 5.69 Å². The molecule has 72 valence electrons. The predicted molar refractivity (Wildman–Crippen MR) is 61.2 cm³/mol. The molecular formula is C8H3BrClNO2S. The van der Waals surface area contributed by atoms with E-state index in [0.717, 1.165) is 5.39 Å². The molecule has 3 nitrogen and oxygen atoms in total. The number of hydrogen-bond donors (Lipinski definition) is 0. The zero-order chi connectivity index (χ0) is 10.3. The Balaban J connectivity index is 2.93. The lowest BCUT2D eigenvalue weighted by atomic mass is 10.2. The Morgan fingerprint density at radius 3 is 2.93 bits per heavy atom. The van der Waals surface area contributed by atoms with E-state index < -0.39 is 4.92 Å². The van der Waals surface area contributed by atoms with Crippen molar-refractivity contribution in [3.63, 3.8) is 0 Å². The number of benzene rings is 1. The topological polar surface area (TPSA) is 43.1 Å². The largest absolute Gasteiger partial charge is 0.302 e. The van der Waals surface area contributed by atoms with Gasteiger partial charge in [0.1, 0.15) is 9.17 Å². The number of hydrogen-bond acceptors (Lipinski definition) is 3. The molecule has 0 amide bonds. The Labute approximate surface area is 96.6 Å². The molecule has 14 heavy (non-hydrogen) atoms. The van der Waals surface area contributed by atoms with E-state index in [4.69, 9.17) is 11.6 Å². The zero-order valence-corrected chi connectivity index (χ0v) is 9.82. The number of halogens is 2. The maximum atomic E-state index is 10.8. The van der Waals surface area contributed by atoms with Crippen LogP contribution in [0.4, 0.5) is 5.69 Å². The Hall–Kier alpha value is -0.650. The van der Waals surface area contributed by atoms with Crippen LogP contribution in [0.3, 0.4) is 0 Å². The normalized spacial score (nSPS) is 10.7. The van der Waals surface area contributed by atoms with Gasteiger partial charge >= 0.3 is 5.69 Å². The molecule has 0 N–H and O–H groups in total. The van der Waals surface area contributed by atoms with Crippen LogP contribution in [-0.2, 0) is 0 Å². The minimum atomic E-state index is -0.422. The lowest BCUT2D eigenvalue weighted by molar-refractivity contribution is -0.383. The van der Waals surface area contributed by atoms with Crippen LogP contribution in [0.25, 0.3) is 10.1 Å². The molecule has 0 bridgehead atoms. The van der Waals surface area contributed by atoms with Gasteiger partial charge in [0.15, 0.2) is 0 Å². The average Bonchev–Trinajstić information content (AvgIpc) is 2.52. The van der Waals surface area contributed by atoms with Gasteiger partial charge in [-0.25, -0.2) is 0 Å². The van der Waals surface area contributed by atoms with Crippen LogP contribution in [0.1, 0.15) is 0 Å². The van der Waals surface area contributed by atoms with Crippen LogP contribution < -0.4 is 0 Å². The second-order valence-corrected chi connectivity index (χ2v) is 4.73. The summed E-state index contributed by atoms with van der Waals surface area (Å²) in [6.45, 7) is 0. The van der Waals surface area contributed by atoms with Gasteiger partial charge in [0.2, 0.25) is 0 Å². The summed E-state index contributed by atoms with van der Waals surface area (Å²) in [6, 6.07) is 3.52. The van der Waals surface area contributed by atoms with Crippen molar-refractivity contribution in [3.05, 3.63) is 37.1 Å². The summed E-state index contributed by atoms with van der Waals surface area (Å²) in [6.07, 6.45) is 0. The van der Waals surface area contributed by atoms with Gasteiger partial charge in [-0.05, 0) is 33.4 Å². The van der Waals surface area contributed by atoms with Crippen molar-refractivity contribution in [1.29, 1.82) is 0 Å². The Bertz CT molecular complexity index is 525. The molecule has 0 atom stereocenters. The first-order chi connectivity index (χ1) is 6.61. The van der Waals surface area contributed by atoms with Gasteiger partial charge in [0, 0.05) is 5.39 Å². The maximum Gasteiger partial charge on any atom is 0.302 e. The summed E-state index contributed by atoms with van der Waals surface area (Å²) in [4.78, 5) is 10.4. The summed E-state index contributed by atoms with van der Waals surface area (Å²) in [5, 5.41) is 13.8. The SMILES string of the molecule is O=[N+]([O-])c1c(Br)c(Cl)cc2ccsc12. The molecule has 0 saturated carbocycles. The molecule has 0 unspecified atom stereocenters. The third kappa shape index (κ3) is 1.41. The number of nitro benzene ring substituents is 1. The second-order valence-electron chi connectivity index (χ2n) is 2.62. The van der Waals surface area contributed by atoms with Crippen LogP contribution >= 0.6 is 38.9 Å². The number of nitro groups is 1. The predicted octanol–water partition coefficient (Wildman–Crippen LogP) is 4.23. The van der Waals surface area contributed by atoms with Crippen molar-refractivity contribution in [2.75, 3.05) is 0 Å². The minimum Gasteiger partial charge on any atom is -0.258 e. The van der Waals surface area contributed by atoms with Crippen LogP contribution in [0, 0.1) is 10.1 Å². The molecule has 0 saturated heterocycles. The molecule has 2 aromatic rings. The minimum absolute atomic E-state index is 0.0440. The molecular weight excluding hydrogens is 290 g/mol. The van der Waals surface area contributed by atoms with E-state index in [2.05, 4.69) is 15.9 Å². The molecule has 1 aromatic carbocycles. The highest BCUT2D eigenvalue weighted by molar-refractivity contribution is 9.10. The van der Waals surface area contributed by atoms with Gasteiger partial charge in [-0.15, -0.1) is 11.3 Å². The van der Waals surface area contributed by atoms with Gasteiger partial charge in [-0.2, -0.15) is 0 Å². The Morgan fingerprint density at radius 2 is 2.29 bits per heavy atom. The smallest absolute Gasteiger partial charge is 0.258 e. The van der Waals surface area contributed by atoms with Gasteiger partial charge in [-0.1, -0.05) is 11.6 Å². The highest BCUT2D eigenvalue weighted by atomic mass is 79.9. The molecule has 0 radical (unpaired) electrons. The van der Waals surface area contributed by atoms with Gasteiger partial charge < -0.3 is 0 Å². The summed E-state index contributed by atoms with van der Waals surface area (Å²) in [5.74, 6) is 0. The Morgan fingerprint density at radius 1 is 1.57 bits per heavy atom. The van der Waals surface area contributed by atoms with Gasteiger partial charge in [0.25, 0.3) is 0 Å². The molecule has 0 fully saturated rings. The quantitative estimate of drug-likeness (QED) is 0.583. The average molecular weight is 293 g/mol. The van der Waals surface area contributed by atoms with Crippen LogP contribution in [0.5, 0.6) is 0 Å². The number of rotatable bonds is 1. The third-order valence-electron chi connectivity index (χ3n) is 1.79. The fraction of sp³-hybridized carbons (Fsp3) is 0.